The van der Waals surface area contributed by atoms with E-state index in [9.17, 15) is 9.59 Å². The molecule has 1 aromatic carbocycles. The Morgan fingerprint density at radius 2 is 1.78 bits per heavy atom. The Labute approximate surface area is 114 Å². The number of ether oxygens (including phenoxy) is 1. The van der Waals surface area contributed by atoms with Crippen molar-refractivity contribution in [3.8, 4) is 5.75 Å². The standard InChI is InChI=1S/C11H12Cl2N2O3/c1-6(10(16)15-11(17)14-2)18-9-4-7(12)3-8(13)5-9/h3-6H,1-2H3,(H2,14,15,16,17)/t6-/m0/s1. The van der Waals surface area contributed by atoms with E-state index in [1.165, 1.54) is 26.1 Å². The number of hydrogen-bond acceptors (Lipinski definition) is 3. The fourth-order valence-corrected chi connectivity index (χ4v) is 1.64. The molecule has 0 spiro atoms. The molecule has 1 atom stereocenters. The molecule has 0 fully saturated rings. The van der Waals surface area contributed by atoms with Gasteiger partial charge in [0.1, 0.15) is 5.75 Å². The van der Waals surface area contributed by atoms with Crippen LogP contribution in [0, 0.1) is 0 Å². The van der Waals surface area contributed by atoms with Crippen molar-refractivity contribution in [3.05, 3.63) is 28.2 Å². The van der Waals surface area contributed by atoms with E-state index in [0.29, 0.717) is 15.8 Å². The molecule has 0 bridgehead atoms. The minimum Gasteiger partial charge on any atom is -0.481 e. The molecule has 0 heterocycles. The summed E-state index contributed by atoms with van der Waals surface area (Å²) in [5.74, 6) is -0.211. The Balaban J connectivity index is 2.66. The highest BCUT2D eigenvalue weighted by Gasteiger charge is 2.17. The third kappa shape index (κ3) is 4.43. The van der Waals surface area contributed by atoms with Crippen LogP contribution in [0.3, 0.4) is 0 Å². The number of hydrogen-bond donors (Lipinski definition) is 2. The van der Waals surface area contributed by atoms with Gasteiger partial charge in [-0.3, -0.25) is 10.1 Å². The van der Waals surface area contributed by atoms with Crippen molar-refractivity contribution in [2.75, 3.05) is 7.05 Å². The van der Waals surface area contributed by atoms with Crippen LogP contribution >= 0.6 is 23.2 Å². The Bertz CT molecular complexity index is 445. The molecule has 1 aromatic rings. The first-order valence-electron chi connectivity index (χ1n) is 5.07. The highest BCUT2D eigenvalue weighted by Crippen LogP contribution is 2.24. The van der Waals surface area contributed by atoms with Crippen molar-refractivity contribution in [1.29, 1.82) is 0 Å². The summed E-state index contributed by atoms with van der Waals surface area (Å²) in [6, 6.07) is 4.00. The Morgan fingerprint density at radius 1 is 1.22 bits per heavy atom. The monoisotopic (exact) mass is 290 g/mol. The molecule has 0 aliphatic carbocycles. The van der Waals surface area contributed by atoms with Crippen molar-refractivity contribution < 1.29 is 14.3 Å². The second kappa shape index (κ2) is 6.47. The van der Waals surface area contributed by atoms with Gasteiger partial charge in [-0.25, -0.2) is 4.79 Å². The lowest BCUT2D eigenvalue weighted by Gasteiger charge is -2.14. The van der Waals surface area contributed by atoms with Crippen LogP contribution in [0.1, 0.15) is 6.92 Å². The zero-order valence-corrected chi connectivity index (χ0v) is 11.3. The molecule has 0 radical (unpaired) electrons. The lowest BCUT2D eigenvalue weighted by atomic mass is 10.3. The molecule has 18 heavy (non-hydrogen) atoms. The zero-order valence-electron chi connectivity index (χ0n) is 9.79. The third-order valence-electron chi connectivity index (χ3n) is 1.98. The highest BCUT2D eigenvalue weighted by molar-refractivity contribution is 6.34. The summed E-state index contributed by atoms with van der Waals surface area (Å²) in [5.41, 5.74) is 0. The van der Waals surface area contributed by atoms with Crippen molar-refractivity contribution >= 4 is 35.1 Å². The molecule has 0 saturated heterocycles. The smallest absolute Gasteiger partial charge is 0.321 e. The Kier molecular flexibility index (Phi) is 5.25. The van der Waals surface area contributed by atoms with Gasteiger partial charge < -0.3 is 10.1 Å². The molecule has 0 saturated carbocycles. The van der Waals surface area contributed by atoms with E-state index in [2.05, 4.69) is 10.6 Å². The third-order valence-corrected chi connectivity index (χ3v) is 2.42. The zero-order chi connectivity index (χ0) is 13.7. The number of nitrogens with one attached hydrogen (secondary N) is 2. The van der Waals surface area contributed by atoms with Crippen LogP contribution in [0.2, 0.25) is 10.0 Å². The van der Waals surface area contributed by atoms with E-state index in [-0.39, 0.29) is 0 Å². The van der Waals surface area contributed by atoms with Gasteiger partial charge in [-0.2, -0.15) is 0 Å². The second-order valence-corrected chi connectivity index (χ2v) is 4.31. The second-order valence-electron chi connectivity index (χ2n) is 3.43. The van der Waals surface area contributed by atoms with Crippen molar-refractivity contribution in [3.63, 3.8) is 0 Å². The van der Waals surface area contributed by atoms with Crippen LogP contribution < -0.4 is 15.4 Å². The van der Waals surface area contributed by atoms with Gasteiger partial charge in [0.05, 0.1) is 0 Å². The lowest BCUT2D eigenvalue weighted by Crippen LogP contribution is -2.43. The number of carbonyl (C=O) groups is 2. The van der Waals surface area contributed by atoms with Crippen LogP contribution in [0.15, 0.2) is 18.2 Å². The van der Waals surface area contributed by atoms with E-state index in [1.54, 1.807) is 6.07 Å². The van der Waals surface area contributed by atoms with E-state index in [0.717, 1.165) is 0 Å². The minimum absolute atomic E-state index is 0.354. The van der Waals surface area contributed by atoms with Crippen LogP contribution in [0.25, 0.3) is 0 Å². The summed E-state index contributed by atoms with van der Waals surface area (Å²) >= 11 is 11.6. The van der Waals surface area contributed by atoms with Gasteiger partial charge in [-0.05, 0) is 25.1 Å². The maximum atomic E-state index is 11.5. The molecule has 7 heteroatoms. The molecule has 3 amide bonds. The summed E-state index contributed by atoms with van der Waals surface area (Å²) in [6.07, 6.45) is -0.850. The summed E-state index contributed by atoms with van der Waals surface area (Å²) in [4.78, 5) is 22.5. The first kappa shape index (κ1) is 14.6. The van der Waals surface area contributed by atoms with Crippen molar-refractivity contribution in [2.24, 2.45) is 0 Å². The molecule has 0 unspecified atom stereocenters. The number of amides is 3. The van der Waals surface area contributed by atoms with Gasteiger partial charge in [0, 0.05) is 17.1 Å². The Morgan fingerprint density at radius 3 is 2.28 bits per heavy atom. The first-order chi connectivity index (χ1) is 8.42. The minimum atomic E-state index is -0.850. The van der Waals surface area contributed by atoms with Crippen LogP contribution in [-0.4, -0.2) is 25.1 Å². The van der Waals surface area contributed by atoms with Gasteiger partial charge in [-0.15, -0.1) is 0 Å². The van der Waals surface area contributed by atoms with Gasteiger partial charge in [-0.1, -0.05) is 23.2 Å². The highest BCUT2D eigenvalue weighted by atomic mass is 35.5. The first-order valence-corrected chi connectivity index (χ1v) is 5.83. The average Bonchev–Trinajstić information content (AvgIpc) is 2.27. The largest absolute Gasteiger partial charge is 0.481 e. The normalized spacial score (nSPS) is 11.6. The maximum Gasteiger partial charge on any atom is 0.321 e. The molecular weight excluding hydrogens is 279 g/mol. The Hall–Kier alpha value is -1.46. The molecule has 5 nitrogen and oxygen atoms in total. The predicted molar refractivity (Wildman–Crippen MR) is 69.2 cm³/mol. The van der Waals surface area contributed by atoms with Crippen LogP contribution in [0.5, 0.6) is 5.75 Å². The maximum absolute atomic E-state index is 11.5. The molecule has 0 aliphatic rings. The van der Waals surface area contributed by atoms with E-state index >= 15 is 0 Å². The SMILES string of the molecule is CNC(=O)NC(=O)[C@H](C)Oc1cc(Cl)cc(Cl)c1. The topological polar surface area (TPSA) is 67.4 Å². The predicted octanol–water partition coefficient (Wildman–Crippen LogP) is 2.22. The molecular formula is C11H12Cl2N2O3. The lowest BCUT2D eigenvalue weighted by molar-refractivity contribution is -0.126. The van der Waals surface area contributed by atoms with E-state index in [1.807, 2.05) is 0 Å². The van der Waals surface area contributed by atoms with Crippen molar-refractivity contribution in [1.82, 2.24) is 10.6 Å². The average molecular weight is 291 g/mol. The van der Waals surface area contributed by atoms with Crippen LogP contribution in [0.4, 0.5) is 4.79 Å². The summed E-state index contributed by atoms with van der Waals surface area (Å²) in [6.45, 7) is 1.51. The molecule has 0 aliphatic heterocycles. The summed E-state index contributed by atoms with van der Waals surface area (Å²) in [7, 11) is 1.41. The summed E-state index contributed by atoms with van der Waals surface area (Å²) < 4.78 is 5.32. The van der Waals surface area contributed by atoms with Gasteiger partial charge in [0.25, 0.3) is 5.91 Å². The number of imide groups is 1. The number of rotatable bonds is 3. The van der Waals surface area contributed by atoms with Gasteiger partial charge in [0.15, 0.2) is 6.10 Å². The number of halogens is 2. The molecule has 0 aromatic heterocycles. The van der Waals surface area contributed by atoms with E-state index < -0.39 is 18.0 Å². The fraction of sp³-hybridized carbons (Fsp3) is 0.273. The molecule has 98 valence electrons. The fourth-order valence-electron chi connectivity index (χ4n) is 1.13. The van der Waals surface area contributed by atoms with Gasteiger partial charge in [0.2, 0.25) is 0 Å². The van der Waals surface area contributed by atoms with Crippen LogP contribution in [-0.2, 0) is 4.79 Å². The summed E-state index contributed by atoms with van der Waals surface area (Å²) in [5, 5.41) is 5.16. The molecule has 2 N–H and O–H groups in total. The number of urea groups is 1. The van der Waals surface area contributed by atoms with Crippen molar-refractivity contribution in [2.45, 2.75) is 13.0 Å². The van der Waals surface area contributed by atoms with E-state index in [4.69, 9.17) is 27.9 Å². The molecule has 1 rings (SSSR count). The number of benzene rings is 1. The quantitative estimate of drug-likeness (QED) is 0.897. The van der Waals surface area contributed by atoms with Gasteiger partial charge >= 0.3 is 6.03 Å². The number of carbonyl (C=O) groups excluding carboxylic acids is 2.